The van der Waals surface area contributed by atoms with E-state index in [1.807, 2.05) is 0 Å². The first-order chi connectivity index (χ1) is 18.7. The average Bonchev–Trinajstić information content (AvgIpc) is 3.64. The molecule has 1 N–H and O–H groups in total. The summed E-state index contributed by atoms with van der Waals surface area (Å²) in [5, 5.41) is 9.00. The normalized spacial score (nSPS) is 34.3. The van der Waals surface area contributed by atoms with Crippen LogP contribution in [0.5, 0.6) is 0 Å². The average molecular weight is 531 g/mol. The Kier molecular flexibility index (Phi) is 10.6. The molecule has 2 saturated carbocycles. The molecule has 3 aliphatic carbocycles. The number of hydrogen-bond acceptors (Lipinski definition) is 5. The number of carboxylic acids is 1. The van der Waals surface area contributed by atoms with E-state index in [4.69, 9.17) is 24.1 Å². The second kappa shape index (κ2) is 14.3. The van der Waals surface area contributed by atoms with Gasteiger partial charge in [-0.1, -0.05) is 37.3 Å². The molecule has 0 spiro atoms. The fourth-order valence-electron chi connectivity index (χ4n) is 7.62. The molecule has 214 valence electrons. The predicted molar refractivity (Wildman–Crippen MR) is 146 cm³/mol. The Bertz CT molecular complexity index is 803. The van der Waals surface area contributed by atoms with E-state index >= 15 is 0 Å². The Morgan fingerprint density at radius 2 is 1.71 bits per heavy atom. The summed E-state index contributed by atoms with van der Waals surface area (Å²) in [6, 6.07) is 0. The monoisotopic (exact) mass is 530 g/mol. The number of carboxylic acid groups (broad SMARTS) is 1. The van der Waals surface area contributed by atoms with Gasteiger partial charge in [0.05, 0.1) is 12.7 Å². The molecule has 5 rings (SSSR count). The first-order valence-corrected chi connectivity index (χ1v) is 15.8. The largest absolute Gasteiger partial charge is 0.481 e. The molecule has 0 amide bonds. The first-order valence-electron chi connectivity index (χ1n) is 15.8. The zero-order chi connectivity index (χ0) is 26.2. The van der Waals surface area contributed by atoms with Crippen molar-refractivity contribution in [2.24, 2.45) is 23.7 Å². The van der Waals surface area contributed by atoms with Crippen molar-refractivity contribution >= 4 is 5.97 Å². The molecule has 4 fully saturated rings. The lowest BCUT2D eigenvalue weighted by molar-refractivity contribution is -0.200. The van der Waals surface area contributed by atoms with Crippen LogP contribution in [0.25, 0.3) is 0 Å². The van der Waals surface area contributed by atoms with Gasteiger partial charge in [0.25, 0.3) is 0 Å². The molecule has 6 nitrogen and oxygen atoms in total. The molecule has 2 aliphatic heterocycles. The third-order valence-corrected chi connectivity index (χ3v) is 9.60. The van der Waals surface area contributed by atoms with Crippen LogP contribution < -0.4 is 0 Å². The smallest absolute Gasteiger partial charge is 0.303 e. The number of fused-ring (bicyclic) bond motifs is 1. The summed E-state index contributed by atoms with van der Waals surface area (Å²) in [6.07, 6.45) is 24.2. The fourth-order valence-corrected chi connectivity index (χ4v) is 7.62. The molecule has 5 aliphatic rings. The Morgan fingerprint density at radius 3 is 2.42 bits per heavy atom. The van der Waals surface area contributed by atoms with Gasteiger partial charge in [-0.05, 0) is 101 Å². The topological polar surface area (TPSA) is 74.2 Å². The maximum Gasteiger partial charge on any atom is 0.303 e. The molecule has 2 unspecified atom stereocenters. The second-order valence-corrected chi connectivity index (χ2v) is 12.4. The molecule has 6 atom stereocenters. The van der Waals surface area contributed by atoms with E-state index in [0.29, 0.717) is 11.8 Å². The summed E-state index contributed by atoms with van der Waals surface area (Å²) >= 11 is 0. The number of allylic oxidation sites excluding steroid dienone is 3. The van der Waals surface area contributed by atoms with E-state index in [0.717, 1.165) is 95.5 Å². The first kappa shape index (κ1) is 28.2. The minimum Gasteiger partial charge on any atom is -0.481 e. The van der Waals surface area contributed by atoms with Crippen molar-refractivity contribution in [3.63, 3.8) is 0 Å². The van der Waals surface area contributed by atoms with Gasteiger partial charge in [-0.25, -0.2) is 0 Å². The maximum absolute atomic E-state index is 10.9. The number of rotatable bonds is 13. The highest BCUT2D eigenvalue weighted by Crippen LogP contribution is 2.52. The second-order valence-electron chi connectivity index (χ2n) is 12.4. The van der Waals surface area contributed by atoms with Crippen LogP contribution in [0.15, 0.2) is 23.5 Å². The number of unbranched alkanes of at least 4 members (excludes halogenated alkanes) is 1. The Morgan fingerprint density at radius 1 is 0.974 bits per heavy atom. The number of aliphatic carboxylic acids is 1. The van der Waals surface area contributed by atoms with Gasteiger partial charge >= 0.3 is 5.97 Å². The fraction of sp³-hybridized carbons (Fsp3) is 0.844. The van der Waals surface area contributed by atoms with Crippen LogP contribution in [0.4, 0.5) is 0 Å². The third kappa shape index (κ3) is 7.85. The van der Waals surface area contributed by atoms with Crippen molar-refractivity contribution in [1.82, 2.24) is 0 Å². The van der Waals surface area contributed by atoms with Crippen molar-refractivity contribution in [1.29, 1.82) is 0 Å². The number of carbonyl (C=O) groups is 1. The van der Waals surface area contributed by atoms with E-state index in [1.165, 1.54) is 44.1 Å². The van der Waals surface area contributed by atoms with Crippen molar-refractivity contribution in [2.75, 3.05) is 13.2 Å². The highest BCUT2D eigenvalue weighted by molar-refractivity contribution is 5.66. The Labute approximate surface area is 229 Å². The SMILES string of the molecule is O=C(O)CCCCC1=C[C@@H]2C[C@@H](OC3CCCCO3)[C@H](C(=CCCC3CCCC3)OC3CCCCO3)[C@@H]2C1. The van der Waals surface area contributed by atoms with Crippen molar-refractivity contribution in [3.8, 4) is 0 Å². The zero-order valence-corrected chi connectivity index (χ0v) is 23.3. The van der Waals surface area contributed by atoms with Gasteiger partial charge in [-0.2, -0.15) is 0 Å². The molecule has 2 heterocycles. The lowest BCUT2D eigenvalue weighted by atomic mass is 9.86. The molecular formula is C32H50O6. The highest BCUT2D eigenvalue weighted by atomic mass is 16.7. The van der Waals surface area contributed by atoms with Gasteiger partial charge in [0.15, 0.2) is 12.6 Å². The molecule has 0 aromatic rings. The van der Waals surface area contributed by atoms with E-state index < -0.39 is 5.97 Å². The van der Waals surface area contributed by atoms with Crippen molar-refractivity contribution < 1.29 is 28.8 Å². The Balaban J connectivity index is 1.30. The molecule has 0 aromatic heterocycles. The van der Waals surface area contributed by atoms with Crippen LogP contribution >= 0.6 is 0 Å². The van der Waals surface area contributed by atoms with E-state index in [1.54, 1.807) is 0 Å². The highest BCUT2D eigenvalue weighted by Gasteiger charge is 2.49. The molecule has 0 radical (unpaired) electrons. The van der Waals surface area contributed by atoms with Crippen LogP contribution in [0.2, 0.25) is 0 Å². The van der Waals surface area contributed by atoms with Gasteiger partial charge in [-0.15, -0.1) is 0 Å². The van der Waals surface area contributed by atoms with Gasteiger partial charge in [0.2, 0.25) is 0 Å². The molecule has 0 aromatic carbocycles. The standard InChI is InChI=1S/C32H50O6/c33-29(34)15-4-3-12-24-20-25-22-28(38-31-17-6-8-19-36-31)32(26(25)21-24)27(37-30-16-5-7-18-35-30)14-9-13-23-10-1-2-11-23/h14,20,23,25-26,28,30-32H,1-13,15-19,21-22H2,(H,33,34)/t25-,26-,28-,30?,31?,32+/m1/s1. The molecular weight excluding hydrogens is 480 g/mol. The van der Waals surface area contributed by atoms with Crippen LogP contribution in [0.1, 0.15) is 116 Å². The molecule has 0 bridgehead atoms. The van der Waals surface area contributed by atoms with Crippen molar-refractivity contribution in [2.45, 2.75) is 134 Å². The lowest BCUT2D eigenvalue weighted by Crippen LogP contribution is -2.34. The molecule has 6 heteroatoms. The van der Waals surface area contributed by atoms with E-state index in [2.05, 4.69) is 12.2 Å². The zero-order valence-electron chi connectivity index (χ0n) is 23.3. The van der Waals surface area contributed by atoms with Gasteiger partial charge < -0.3 is 24.1 Å². The van der Waals surface area contributed by atoms with Crippen LogP contribution in [0, 0.1) is 23.7 Å². The summed E-state index contributed by atoms with van der Waals surface area (Å²) in [5.41, 5.74) is 1.50. The summed E-state index contributed by atoms with van der Waals surface area (Å²) in [5.74, 6) is 2.50. The maximum atomic E-state index is 10.9. The minimum atomic E-state index is -0.693. The van der Waals surface area contributed by atoms with Gasteiger partial charge in [0.1, 0.15) is 5.76 Å². The molecule has 38 heavy (non-hydrogen) atoms. The van der Waals surface area contributed by atoms with Gasteiger partial charge in [0, 0.05) is 25.4 Å². The number of hydrogen-bond donors (Lipinski definition) is 1. The van der Waals surface area contributed by atoms with Crippen molar-refractivity contribution in [3.05, 3.63) is 23.5 Å². The summed E-state index contributed by atoms with van der Waals surface area (Å²) in [4.78, 5) is 10.9. The van der Waals surface area contributed by atoms with Gasteiger partial charge in [-0.3, -0.25) is 4.79 Å². The Hall–Kier alpha value is -1.37. The van der Waals surface area contributed by atoms with Crippen LogP contribution in [-0.2, 0) is 23.7 Å². The van der Waals surface area contributed by atoms with Crippen LogP contribution in [0.3, 0.4) is 0 Å². The summed E-state index contributed by atoms with van der Waals surface area (Å²) < 4.78 is 25.6. The van der Waals surface area contributed by atoms with Crippen LogP contribution in [-0.4, -0.2) is 43.0 Å². The number of ether oxygens (including phenoxy) is 4. The third-order valence-electron chi connectivity index (χ3n) is 9.60. The van der Waals surface area contributed by atoms with E-state index in [9.17, 15) is 4.79 Å². The lowest BCUT2D eigenvalue weighted by Gasteiger charge is -2.34. The summed E-state index contributed by atoms with van der Waals surface area (Å²) in [7, 11) is 0. The quantitative estimate of drug-likeness (QED) is 0.151. The predicted octanol–water partition coefficient (Wildman–Crippen LogP) is 7.52. The summed E-state index contributed by atoms with van der Waals surface area (Å²) in [6.45, 7) is 1.58. The minimum absolute atomic E-state index is 0.0970. The molecule has 2 saturated heterocycles. The van der Waals surface area contributed by atoms with E-state index in [-0.39, 0.29) is 31.0 Å².